The van der Waals surface area contributed by atoms with Crippen LogP contribution >= 0.6 is 27.7 Å². The smallest absolute Gasteiger partial charge is 0.283 e. The number of benzene rings is 2. The van der Waals surface area contributed by atoms with Gasteiger partial charge in [0.15, 0.2) is 22.5 Å². The number of hydrogen-bond acceptors (Lipinski definition) is 6. The van der Waals surface area contributed by atoms with Crippen LogP contribution in [0.15, 0.2) is 56.5 Å². The van der Waals surface area contributed by atoms with Gasteiger partial charge in [-0.25, -0.2) is 4.39 Å². The number of nitrogens with zero attached hydrogens (tertiary/aromatic N) is 3. The first-order chi connectivity index (χ1) is 14.5. The third-order valence-corrected chi connectivity index (χ3v) is 5.55. The van der Waals surface area contributed by atoms with Gasteiger partial charge in [-0.15, -0.1) is 0 Å². The molecular formula is C20H14BrFN4O3S. The zero-order chi connectivity index (χ0) is 21.3. The molecule has 2 aliphatic rings. The van der Waals surface area contributed by atoms with E-state index in [1.165, 1.54) is 41.6 Å². The van der Waals surface area contributed by atoms with Crippen molar-refractivity contribution in [1.82, 2.24) is 5.01 Å². The summed E-state index contributed by atoms with van der Waals surface area (Å²) in [5.41, 5.74) is 2.63. The zero-order valence-corrected chi connectivity index (χ0v) is 18.0. The van der Waals surface area contributed by atoms with Crippen LogP contribution in [0.3, 0.4) is 0 Å². The molecule has 0 atom stereocenters. The van der Waals surface area contributed by atoms with Crippen molar-refractivity contribution in [3.63, 3.8) is 0 Å². The van der Waals surface area contributed by atoms with E-state index in [9.17, 15) is 9.18 Å². The van der Waals surface area contributed by atoms with Crippen LogP contribution in [0.1, 0.15) is 11.1 Å². The molecule has 30 heavy (non-hydrogen) atoms. The van der Waals surface area contributed by atoms with Crippen LogP contribution in [-0.2, 0) is 11.4 Å². The van der Waals surface area contributed by atoms with Gasteiger partial charge in [-0.3, -0.25) is 10.2 Å². The fraction of sp³-hybridized carbons (Fsp3) is 0.100. The highest BCUT2D eigenvalue weighted by atomic mass is 79.9. The van der Waals surface area contributed by atoms with Gasteiger partial charge in [-0.2, -0.15) is 15.1 Å². The van der Waals surface area contributed by atoms with Crippen molar-refractivity contribution in [1.29, 1.82) is 5.41 Å². The van der Waals surface area contributed by atoms with Crippen LogP contribution in [0, 0.1) is 11.2 Å². The predicted molar refractivity (Wildman–Crippen MR) is 117 cm³/mol. The highest BCUT2D eigenvalue weighted by Crippen LogP contribution is 2.38. The third kappa shape index (κ3) is 3.88. The van der Waals surface area contributed by atoms with E-state index in [-0.39, 0.29) is 23.8 Å². The maximum atomic E-state index is 13.9. The number of rotatable bonds is 5. The number of carbonyl (C=O) groups is 1. The standard InChI is InChI=1S/C20H14BrFN4O3S/c1-28-16-8-11(6-13-18(23)26-20(25-19(13)27)30-10-24-26)7-14(21)17(16)29-9-12-4-2-3-5-15(12)22/h2-8,10,23H,9H2,1H3. The fourth-order valence-electron chi connectivity index (χ4n) is 2.83. The molecule has 2 aromatic rings. The molecular weight excluding hydrogens is 475 g/mol. The van der Waals surface area contributed by atoms with Crippen LogP contribution in [-0.4, -0.2) is 34.6 Å². The molecule has 0 bridgehead atoms. The molecule has 0 aromatic heterocycles. The molecule has 2 aliphatic heterocycles. The minimum absolute atomic E-state index is 0.0212. The summed E-state index contributed by atoms with van der Waals surface area (Å²) >= 11 is 4.62. The number of thioether (sulfide) groups is 1. The molecule has 1 amide bonds. The first-order valence-corrected chi connectivity index (χ1v) is 10.3. The number of aliphatic imine (C=N–C) groups is 1. The van der Waals surface area contributed by atoms with Crippen LogP contribution in [0.2, 0.25) is 0 Å². The zero-order valence-electron chi connectivity index (χ0n) is 15.6. The van der Waals surface area contributed by atoms with E-state index in [0.717, 1.165) is 0 Å². The molecule has 2 aromatic carbocycles. The van der Waals surface area contributed by atoms with Gasteiger partial charge in [0.05, 0.1) is 22.7 Å². The number of hydrogen-bond donors (Lipinski definition) is 1. The summed E-state index contributed by atoms with van der Waals surface area (Å²) in [4.78, 5) is 16.3. The van der Waals surface area contributed by atoms with Crippen molar-refractivity contribution in [2.24, 2.45) is 10.1 Å². The van der Waals surface area contributed by atoms with E-state index >= 15 is 0 Å². The van der Waals surface area contributed by atoms with Crippen LogP contribution in [0.4, 0.5) is 4.39 Å². The Morgan fingerprint density at radius 1 is 1.33 bits per heavy atom. The van der Waals surface area contributed by atoms with Gasteiger partial charge in [0.25, 0.3) is 5.91 Å². The lowest BCUT2D eigenvalue weighted by atomic mass is 10.1. The Hall–Kier alpha value is -2.98. The quantitative estimate of drug-likeness (QED) is 0.629. The van der Waals surface area contributed by atoms with Crippen LogP contribution in [0.5, 0.6) is 11.5 Å². The highest BCUT2D eigenvalue weighted by molar-refractivity contribution is 9.10. The molecule has 10 heteroatoms. The lowest BCUT2D eigenvalue weighted by Crippen LogP contribution is -2.35. The molecule has 0 radical (unpaired) electrons. The normalized spacial score (nSPS) is 16.7. The highest BCUT2D eigenvalue weighted by Gasteiger charge is 2.32. The Balaban J connectivity index is 1.63. The topological polar surface area (TPSA) is 87.3 Å². The average molecular weight is 489 g/mol. The van der Waals surface area contributed by atoms with Crippen molar-refractivity contribution in [3.8, 4) is 11.5 Å². The number of amidine groups is 2. The van der Waals surface area contributed by atoms with E-state index in [1.54, 1.807) is 30.3 Å². The van der Waals surface area contributed by atoms with E-state index < -0.39 is 5.91 Å². The maximum absolute atomic E-state index is 13.9. The average Bonchev–Trinajstić information content (AvgIpc) is 3.19. The number of hydrazone groups is 1. The molecule has 2 heterocycles. The van der Waals surface area contributed by atoms with Gasteiger partial charge in [0.2, 0.25) is 0 Å². The maximum Gasteiger partial charge on any atom is 0.283 e. The molecule has 0 fully saturated rings. The number of amides is 1. The Kier molecular flexibility index (Phi) is 5.69. The second-order valence-corrected chi connectivity index (χ2v) is 7.84. The molecule has 7 nitrogen and oxygen atoms in total. The largest absolute Gasteiger partial charge is 0.493 e. The minimum atomic E-state index is -0.515. The molecule has 0 saturated carbocycles. The molecule has 0 aliphatic carbocycles. The van der Waals surface area contributed by atoms with Gasteiger partial charge in [-0.1, -0.05) is 18.2 Å². The number of fused-ring (bicyclic) bond motifs is 1. The Bertz CT molecular complexity index is 1150. The van der Waals surface area contributed by atoms with Gasteiger partial charge < -0.3 is 9.47 Å². The first-order valence-electron chi connectivity index (χ1n) is 8.64. The Morgan fingerprint density at radius 3 is 2.90 bits per heavy atom. The van der Waals surface area contributed by atoms with E-state index in [2.05, 4.69) is 26.0 Å². The fourth-order valence-corrected chi connectivity index (χ4v) is 4.02. The molecule has 4 rings (SSSR count). The summed E-state index contributed by atoms with van der Waals surface area (Å²) in [5.74, 6) is -0.138. The molecule has 0 saturated heterocycles. The number of ether oxygens (including phenoxy) is 2. The van der Waals surface area contributed by atoms with Gasteiger partial charge in [0.1, 0.15) is 12.4 Å². The summed E-state index contributed by atoms with van der Waals surface area (Å²) in [5, 5.41) is 13.9. The number of methoxy groups -OCH3 is 1. The monoisotopic (exact) mass is 488 g/mol. The van der Waals surface area contributed by atoms with Crippen LogP contribution in [0.25, 0.3) is 6.08 Å². The van der Waals surface area contributed by atoms with Crippen molar-refractivity contribution in [3.05, 3.63) is 63.4 Å². The van der Waals surface area contributed by atoms with Gasteiger partial charge in [0, 0.05) is 5.56 Å². The lowest BCUT2D eigenvalue weighted by molar-refractivity contribution is -0.114. The van der Waals surface area contributed by atoms with Crippen molar-refractivity contribution in [2.45, 2.75) is 6.61 Å². The van der Waals surface area contributed by atoms with Crippen molar-refractivity contribution >= 4 is 56.2 Å². The van der Waals surface area contributed by atoms with E-state index in [1.807, 2.05) is 0 Å². The summed E-state index contributed by atoms with van der Waals surface area (Å²) in [6, 6.07) is 9.73. The van der Waals surface area contributed by atoms with Crippen molar-refractivity contribution < 1.29 is 18.7 Å². The Morgan fingerprint density at radius 2 is 2.13 bits per heavy atom. The number of halogens is 2. The van der Waals surface area contributed by atoms with Crippen molar-refractivity contribution in [2.75, 3.05) is 7.11 Å². The molecule has 0 spiro atoms. The van der Waals surface area contributed by atoms with Crippen LogP contribution < -0.4 is 9.47 Å². The molecule has 0 unspecified atom stereocenters. The number of nitrogens with one attached hydrogen (secondary N) is 1. The predicted octanol–water partition coefficient (Wildman–Crippen LogP) is 4.42. The minimum Gasteiger partial charge on any atom is -0.493 e. The lowest BCUT2D eigenvalue weighted by Gasteiger charge is -2.20. The van der Waals surface area contributed by atoms with E-state index in [4.69, 9.17) is 14.9 Å². The first kappa shape index (κ1) is 20.3. The SMILES string of the molecule is COc1cc(C=C2C(=N)N3N=CSC3=NC2=O)cc(Br)c1OCc1ccccc1F. The summed E-state index contributed by atoms with van der Waals surface area (Å²) in [6.07, 6.45) is 1.54. The second-order valence-electron chi connectivity index (χ2n) is 6.17. The Labute approximate surface area is 183 Å². The second kappa shape index (κ2) is 8.41. The summed E-state index contributed by atoms with van der Waals surface area (Å²) in [6.45, 7) is 0.0212. The summed E-state index contributed by atoms with van der Waals surface area (Å²) in [7, 11) is 1.48. The van der Waals surface area contributed by atoms with Gasteiger partial charge >= 0.3 is 0 Å². The third-order valence-electron chi connectivity index (χ3n) is 4.29. The molecule has 152 valence electrons. The molecule has 1 N–H and O–H groups in total. The summed E-state index contributed by atoms with van der Waals surface area (Å²) < 4.78 is 25.6. The van der Waals surface area contributed by atoms with Gasteiger partial charge in [-0.05, 0) is 57.5 Å². The van der Waals surface area contributed by atoms with E-state index in [0.29, 0.717) is 32.3 Å². The number of carbonyl (C=O) groups excluding carboxylic acids is 1.